The van der Waals surface area contributed by atoms with Gasteiger partial charge >= 0.3 is 0 Å². The number of pyridine rings is 1. The summed E-state index contributed by atoms with van der Waals surface area (Å²) < 4.78 is 5.23. The lowest BCUT2D eigenvalue weighted by atomic mass is 10.1. The van der Waals surface area contributed by atoms with E-state index in [-0.39, 0.29) is 18.0 Å². The molecule has 0 spiro atoms. The molecule has 3 aromatic carbocycles. The number of fused-ring (bicyclic) bond motifs is 1. The van der Waals surface area contributed by atoms with Crippen LogP contribution in [0.3, 0.4) is 0 Å². The van der Waals surface area contributed by atoms with Crippen molar-refractivity contribution in [2.75, 3.05) is 12.0 Å². The number of halogens is 1. The molecule has 4 aromatic rings. The number of benzene rings is 3. The van der Waals surface area contributed by atoms with Crippen LogP contribution in [-0.2, 0) is 6.54 Å². The lowest BCUT2D eigenvalue weighted by Gasteiger charge is -2.23. The van der Waals surface area contributed by atoms with Crippen LogP contribution in [-0.4, -0.2) is 18.0 Å². The Bertz CT molecular complexity index is 1300. The number of hydrogen-bond donors (Lipinski definition) is 1. The van der Waals surface area contributed by atoms with Crippen LogP contribution >= 0.6 is 11.6 Å². The van der Waals surface area contributed by atoms with Gasteiger partial charge in [-0.25, -0.2) is 0 Å². The second kappa shape index (κ2) is 8.66. The van der Waals surface area contributed by atoms with Crippen LogP contribution in [0.25, 0.3) is 10.9 Å². The molecule has 31 heavy (non-hydrogen) atoms. The first-order valence-electron chi connectivity index (χ1n) is 9.79. The number of aromatic nitrogens is 1. The summed E-state index contributed by atoms with van der Waals surface area (Å²) in [6, 6.07) is 21.5. The number of nitrogens with one attached hydrogen (secondary N) is 1. The van der Waals surface area contributed by atoms with Crippen LogP contribution < -0.4 is 15.2 Å². The summed E-state index contributed by atoms with van der Waals surface area (Å²) >= 11 is 5.98. The molecule has 6 heteroatoms. The number of anilines is 1. The molecule has 0 aliphatic carbocycles. The minimum atomic E-state index is -0.231. The van der Waals surface area contributed by atoms with E-state index >= 15 is 0 Å². The van der Waals surface area contributed by atoms with E-state index in [0.29, 0.717) is 27.6 Å². The number of para-hydroxylation sites is 1. The van der Waals surface area contributed by atoms with E-state index < -0.39 is 0 Å². The molecule has 0 saturated heterocycles. The van der Waals surface area contributed by atoms with E-state index in [4.69, 9.17) is 16.3 Å². The zero-order chi connectivity index (χ0) is 22.0. The Balaban J connectivity index is 1.77. The Morgan fingerprint density at radius 2 is 1.74 bits per heavy atom. The molecule has 0 aliphatic heterocycles. The smallest absolute Gasteiger partial charge is 0.258 e. The first kappa shape index (κ1) is 20.7. The Labute approximate surface area is 184 Å². The van der Waals surface area contributed by atoms with Gasteiger partial charge in [0, 0.05) is 21.8 Å². The molecule has 0 radical (unpaired) electrons. The van der Waals surface area contributed by atoms with Crippen LogP contribution in [0.4, 0.5) is 5.69 Å². The average molecular weight is 433 g/mol. The van der Waals surface area contributed by atoms with Gasteiger partial charge in [-0.05, 0) is 72.5 Å². The van der Waals surface area contributed by atoms with E-state index in [9.17, 15) is 9.59 Å². The van der Waals surface area contributed by atoms with Crippen molar-refractivity contribution >= 4 is 34.1 Å². The monoisotopic (exact) mass is 432 g/mol. The molecule has 0 unspecified atom stereocenters. The topological polar surface area (TPSA) is 62.4 Å². The Morgan fingerprint density at radius 3 is 2.42 bits per heavy atom. The number of amides is 1. The van der Waals surface area contributed by atoms with Gasteiger partial charge in [0.15, 0.2) is 0 Å². The summed E-state index contributed by atoms with van der Waals surface area (Å²) in [4.78, 5) is 30.7. The summed E-state index contributed by atoms with van der Waals surface area (Å²) in [5, 5.41) is 1.47. The molecule has 1 heterocycles. The number of rotatable bonds is 5. The van der Waals surface area contributed by atoms with Crippen molar-refractivity contribution in [3.05, 3.63) is 105 Å². The SMILES string of the molecule is COc1ccc(N(Cc2cc3cccc(C)c3[nH]c2=O)C(=O)c2ccc(Cl)cc2)cc1. The predicted molar refractivity (Wildman–Crippen MR) is 124 cm³/mol. The summed E-state index contributed by atoms with van der Waals surface area (Å²) in [6.07, 6.45) is 0. The summed E-state index contributed by atoms with van der Waals surface area (Å²) in [6.45, 7) is 2.07. The standard InChI is InChI=1S/C25H21ClN2O3/c1-16-4-3-5-18-14-19(24(29)27-23(16)18)15-28(21-10-12-22(31-2)13-11-21)25(30)17-6-8-20(26)9-7-17/h3-14H,15H2,1-2H3,(H,27,29). The van der Waals surface area contributed by atoms with Crippen molar-refractivity contribution < 1.29 is 9.53 Å². The number of aryl methyl sites for hydroxylation is 1. The first-order chi connectivity index (χ1) is 15.0. The molecular weight excluding hydrogens is 412 g/mol. The summed E-state index contributed by atoms with van der Waals surface area (Å²) in [5.41, 5.74) is 3.21. The van der Waals surface area contributed by atoms with Crippen molar-refractivity contribution in [3.8, 4) is 5.75 Å². The van der Waals surface area contributed by atoms with Crippen LogP contribution in [0, 0.1) is 6.92 Å². The van der Waals surface area contributed by atoms with Crippen molar-refractivity contribution in [3.63, 3.8) is 0 Å². The molecule has 1 N–H and O–H groups in total. The van der Waals surface area contributed by atoms with Gasteiger partial charge in [0.25, 0.3) is 11.5 Å². The molecular formula is C25H21ClN2O3. The number of carbonyl (C=O) groups is 1. The molecule has 4 rings (SSSR count). The van der Waals surface area contributed by atoms with Gasteiger partial charge in [0.05, 0.1) is 19.2 Å². The van der Waals surface area contributed by atoms with Crippen LogP contribution in [0.2, 0.25) is 5.02 Å². The fourth-order valence-corrected chi connectivity index (χ4v) is 3.63. The molecule has 0 atom stereocenters. The molecule has 0 saturated carbocycles. The maximum absolute atomic E-state index is 13.4. The number of aromatic amines is 1. The second-order valence-corrected chi connectivity index (χ2v) is 7.70. The summed E-state index contributed by atoms with van der Waals surface area (Å²) in [7, 11) is 1.59. The van der Waals surface area contributed by atoms with Gasteiger partial charge in [-0.15, -0.1) is 0 Å². The Hall–Kier alpha value is -3.57. The largest absolute Gasteiger partial charge is 0.497 e. The number of hydrogen-bond acceptors (Lipinski definition) is 3. The third-order valence-corrected chi connectivity index (χ3v) is 5.47. The number of H-pyrrole nitrogens is 1. The van der Waals surface area contributed by atoms with E-state index in [1.807, 2.05) is 31.2 Å². The van der Waals surface area contributed by atoms with Crippen molar-refractivity contribution in [1.29, 1.82) is 0 Å². The first-order valence-corrected chi connectivity index (χ1v) is 10.2. The molecule has 156 valence electrons. The van der Waals surface area contributed by atoms with Crippen LogP contribution in [0.15, 0.2) is 77.6 Å². The highest BCUT2D eigenvalue weighted by Crippen LogP contribution is 2.24. The zero-order valence-electron chi connectivity index (χ0n) is 17.2. The predicted octanol–water partition coefficient (Wildman–Crippen LogP) is 5.35. The van der Waals surface area contributed by atoms with E-state index in [0.717, 1.165) is 16.5 Å². The highest BCUT2D eigenvalue weighted by atomic mass is 35.5. The molecule has 0 fully saturated rings. The van der Waals surface area contributed by atoms with Crippen molar-refractivity contribution in [2.45, 2.75) is 13.5 Å². The van der Waals surface area contributed by atoms with Gasteiger partial charge in [0.1, 0.15) is 5.75 Å². The van der Waals surface area contributed by atoms with E-state index in [1.165, 1.54) is 0 Å². The highest BCUT2D eigenvalue weighted by molar-refractivity contribution is 6.30. The van der Waals surface area contributed by atoms with Gasteiger partial charge in [0.2, 0.25) is 0 Å². The lowest BCUT2D eigenvalue weighted by Crippen LogP contribution is -2.32. The van der Waals surface area contributed by atoms with Gasteiger partial charge in [-0.1, -0.05) is 29.8 Å². The number of nitrogens with zero attached hydrogens (tertiary/aromatic N) is 1. The Morgan fingerprint density at radius 1 is 1.03 bits per heavy atom. The van der Waals surface area contributed by atoms with Crippen LogP contribution in [0.1, 0.15) is 21.5 Å². The quantitative estimate of drug-likeness (QED) is 0.462. The van der Waals surface area contributed by atoms with Crippen molar-refractivity contribution in [2.24, 2.45) is 0 Å². The zero-order valence-corrected chi connectivity index (χ0v) is 17.9. The summed E-state index contributed by atoms with van der Waals surface area (Å²) in [5.74, 6) is 0.451. The highest BCUT2D eigenvalue weighted by Gasteiger charge is 2.20. The number of ether oxygens (including phenoxy) is 1. The maximum Gasteiger partial charge on any atom is 0.258 e. The van der Waals surface area contributed by atoms with Gasteiger partial charge in [-0.3, -0.25) is 9.59 Å². The normalized spacial score (nSPS) is 10.8. The number of methoxy groups -OCH3 is 1. The van der Waals surface area contributed by atoms with E-state index in [2.05, 4.69) is 4.98 Å². The van der Waals surface area contributed by atoms with Gasteiger partial charge in [-0.2, -0.15) is 0 Å². The fraction of sp³-hybridized carbons (Fsp3) is 0.120. The van der Waals surface area contributed by atoms with E-state index in [1.54, 1.807) is 60.5 Å². The van der Waals surface area contributed by atoms with Gasteiger partial charge < -0.3 is 14.6 Å². The fourth-order valence-electron chi connectivity index (χ4n) is 3.51. The average Bonchev–Trinajstić information content (AvgIpc) is 2.78. The third kappa shape index (κ3) is 4.32. The molecule has 1 amide bonds. The van der Waals surface area contributed by atoms with Crippen LogP contribution in [0.5, 0.6) is 5.75 Å². The minimum absolute atomic E-state index is 0.118. The minimum Gasteiger partial charge on any atom is -0.497 e. The maximum atomic E-state index is 13.4. The molecule has 0 aliphatic rings. The number of carbonyl (C=O) groups excluding carboxylic acids is 1. The molecule has 5 nitrogen and oxygen atoms in total. The molecule has 0 bridgehead atoms. The second-order valence-electron chi connectivity index (χ2n) is 7.26. The third-order valence-electron chi connectivity index (χ3n) is 5.21. The Kier molecular flexibility index (Phi) is 5.78. The van der Waals surface area contributed by atoms with Crippen molar-refractivity contribution in [1.82, 2.24) is 4.98 Å². The lowest BCUT2D eigenvalue weighted by molar-refractivity contribution is 0.0985. The molecule has 1 aromatic heterocycles.